The molecule has 1 saturated heterocycles. The quantitative estimate of drug-likeness (QED) is 0.583. The molecule has 7 heteroatoms. The van der Waals surface area contributed by atoms with Gasteiger partial charge in [-0.3, -0.25) is 0 Å². The lowest BCUT2D eigenvalue weighted by molar-refractivity contribution is 0.156. The van der Waals surface area contributed by atoms with Crippen LogP contribution in [0.2, 0.25) is 0 Å². The van der Waals surface area contributed by atoms with Crippen LogP contribution in [0.1, 0.15) is 40.9 Å². The van der Waals surface area contributed by atoms with Crippen molar-refractivity contribution in [2.24, 2.45) is 0 Å². The second-order valence-electron chi connectivity index (χ2n) is 6.61. The number of rotatable bonds is 5. The monoisotopic (exact) mass is 460 g/mol. The van der Waals surface area contributed by atoms with Gasteiger partial charge in [-0.05, 0) is 54.3 Å². The maximum atomic E-state index is 13.7. The van der Waals surface area contributed by atoms with Gasteiger partial charge in [-0.1, -0.05) is 35.9 Å². The number of nitrogens with zero attached hydrogens (tertiary/aromatic N) is 3. The molecule has 5 nitrogen and oxygen atoms in total. The molecule has 0 amide bonds. The molecule has 0 radical (unpaired) electrons. The predicted octanol–water partition coefficient (Wildman–Crippen LogP) is 3.47. The molecule has 2 aromatic carbocycles. The highest BCUT2D eigenvalue weighted by Crippen LogP contribution is 2.46. The van der Waals surface area contributed by atoms with Crippen LogP contribution in [0.25, 0.3) is 5.57 Å². The van der Waals surface area contributed by atoms with Crippen LogP contribution in [-0.2, 0) is 10.0 Å². The first kappa shape index (κ1) is 9.08. The number of hydrogen-bond acceptors (Lipinski definition) is 5. The van der Waals surface area contributed by atoms with E-state index in [-0.39, 0.29) is 53.0 Å². The Labute approximate surface area is 208 Å². The standard InChI is InChI=1S/C23H29N3O2S2/c1-24(2)30(27,28)18-10-11-23-21(17-18)19(20-7-4-5-9-22(20)29-23)8-6-12-26-15-13-25(3)14-16-26/h4-5,7-11,17H,6,12-16H2,1-3H3/b19-8-/i1D3,2D3,3D3,4D,5D,7D,8D,9D,10D,11D,17D. The minimum absolute atomic E-state index is 0.148. The Hall–Kier alpha value is -1.64. The summed E-state index contributed by atoms with van der Waals surface area (Å²) in [4.78, 5) is 1.28. The number of piperazine rings is 1. The highest BCUT2D eigenvalue weighted by molar-refractivity contribution is 7.99. The summed E-state index contributed by atoms with van der Waals surface area (Å²) in [7, 11) is -5.73. The van der Waals surface area contributed by atoms with Crippen molar-refractivity contribution >= 4 is 27.4 Å². The minimum atomic E-state index is -5.73. The lowest BCUT2D eigenvalue weighted by Gasteiger charge is -2.32. The fourth-order valence-corrected chi connectivity index (χ4v) is 4.63. The molecule has 160 valence electrons. The molecule has 4 rings (SSSR count). The van der Waals surface area contributed by atoms with Gasteiger partial charge in [0, 0.05) is 68.8 Å². The van der Waals surface area contributed by atoms with Gasteiger partial charge < -0.3 is 9.80 Å². The topological polar surface area (TPSA) is 43.9 Å². The smallest absolute Gasteiger partial charge is 0.242 e. The molecule has 0 unspecified atom stereocenters. The third kappa shape index (κ3) is 4.36. The van der Waals surface area contributed by atoms with Gasteiger partial charge in [0.15, 0.2) is 0 Å². The van der Waals surface area contributed by atoms with Crippen LogP contribution in [0.4, 0.5) is 0 Å². The van der Waals surface area contributed by atoms with E-state index in [1.54, 1.807) is 0 Å². The van der Waals surface area contributed by atoms with Crippen LogP contribution in [-0.4, -0.2) is 76.2 Å². The zero-order valence-electron chi connectivity index (χ0n) is 32.7. The molecule has 0 aromatic heterocycles. The molecule has 0 spiro atoms. The number of benzene rings is 2. The minimum Gasteiger partial charge on any atom is -0.304 e. The van der Waals surface area contributed by atoms with Gasteiger partial charge in [-0.2, -0.15) is 0 Å². The molecule has 30 heavy (non-hydrogen) atoms. The predicted molar refractivity (Wildman–Crippen MR) is 124 cm³/mol. The maximum Gasteiger partial charge on any atom is 0.242 e. The van der Waals surface area contributed by atoms with Crippen molar-refractivity contribution in [3.63, 3.8) is 0 Å². The molecule has 0 saturated carbocycles. The van der Waals surface area contributed by atoms with Crippen LogP contribution >= 0.6 is 11.8 Å². The van der Waals surface area contributed by atoms with Crippen molar-refractivity contribution in [1.29, 1.82) is 0 Å². The highest BCUT2D eigenvalue weighted by atomic mass is 32.2. The summed E-state index contributed by atoms with van der Waals surface area (Å²) in [5.74, 6) is 0. The van der Waals surface area contributed by atoms with Crippen LogP contribution in [0, 0.1) is 0 Å². The summed E-state index contributed by atoms with van der Waals surface area (Å²) >= 11 is 0.554. The summed E-state index contributed by atoms with van der Waals surface area (Å²) in [6, 6.07) is -6.10. The Bertz CT molecular complexity index is 1730. The van der Waals surface area contributed by atoms with E-state index in [2.05, 4.69) is 0 Å². The van der Waals surface area contributed by atoms with E-state index in [1.165, 1.54) is 4.90 Å². The number of fused-ring (bicyclic) bond motifs is 2. The summed E-state index contributed by atoms with van der Waals surface area (Å²) < 4.78 is 164. The Morgan fingerprint density at radius 2 is 1.90 bits per heavy atom. The van der Waals surface area contributed by atoms with E-state index in [9.17, 15) is 8.42 Å². The summed E-state index contributed by atoms with van der Waals surface area (Å²) in [5.41, 5.74) is -1.13. The zero-order chi connectivity index (χ0) is 35.8. The second-order valence-corrected chi connectivity index (χ2v) is 9.36. The molecule has 0 bridgehead atoms. The SMILES string of the molecule is [2H]/C(CCN1CCN(C([2H])([2H])[2H])CC1)=C1\c2c([2H])c([2H])c([2H])c([2H])c2Sc2c([2H])c([2H])c(S(=O)(=O)N(C([2H])([2H])[2H])C([2H])([2H])[2H])c([2H])c21. The van der Waals surface area contributed by atoms with Crippen molar-refractivity contribution in [2.45, 2.75) is 21.1 Å². The van der Waals surface area contributed by atoms with Crippen molar-refractivity contribution in [3.8, 4) is 0 Å². The molecule has 1 fully saturated rings. The average Bonchev–Trinajstić information content (AvgIpc) is 2.93. The fraction of sp³-hybridized carbons (Fsp3) is 0.391. The Kier molecular flexibility index (Phi) is 2.68. The number of hydrogen-bond donors (Lipinski definition) is 0. The first-order chi connectivity index (χ1) is 21.3. The fourth-order valence-electron chi connectivity index (χ4n) is 3.12. The molecule has 0 aliphatic carbocycles. The Morgan fingerprint density at radius 3 is 2.67 bits per heavy atom. The van der Waals surface area contributed by atoms with Gasteiger partial charge in [0.05, 0.1) is 15.9 Å². The van der Waals surface area contributed by atoms with E-state index < -0.39 is 88.0 Å². The van der Waals surface area contributed by atoms with Gasteiger partial charge in [-0.25, -0.2) is 12.7 Å². The van der Waals surface area contributed by atoms with Gasteiger partial charge in [0.25, 0.3) is 0 Å². The third-order valence-electron chi connectivity index (χ3n) is 4.71. The van der Waals surface area contributed by atoms with Gasteiger partial charge in [-0.15, -0.1) is 0 Å². The first-order valence-electron chi connectivity index (χ1n) is 17.5. The van der Waals surface area contributed by atoms with E-state index in [0.717, 1.165) is 0 Å². The third-order valence-corrected chi connectivity index (χ3v) is 6.93. The van der Waals surface area contributed by atoms with Gasteiger partial charge in [0.2, 0.25) is 10.0 Å². The lowest BCUT2D eigenvalue weighted by Crippen LogP contribution is -2.44. The van der Waals surface area contributed by atoms with Crippen LogP contribution in [0.3, 0.4) is 0 Å². The van der Waals surface area contributed by atoms with Crippen molar-refractivity contribution < 1.29 is 31.7 Å². The summed E-state index contributed by atoms with van der Waals surface area (Å²) in [5, 5.41) is 0. The molecule has 0 N–H and O–H groups in total. The summed E-state index contributed by atoms with van der Waals surface area (Å²) in [6.07, 6.45) is -0.149. The van der Waals surface area contributed by atoms with Crippen molar-refractivity contribution in [2.75, 3.05) is 53.7 Å². The zero-order valence-corrected chi connectivity index (χ0v) is 17.4. The average molecular weight is 461 g/mol. The Morgan fingerprint density at radius 1 is 1.13 bits per heavy atom. The summed E-state index contributed by atoms with van der Waals surface area (Å²) in [6.45, 7) is -8.71. The molecular weight excluding hydrogens is 414 g/mol. The highest BCUT2D eigenvalue weighted by Gasteiger charge is 2.25. The largest absolute Gasteiger partial charge is 0.304 e. The molecule has 2 heterocycles. The molecule has 2 aliphatic heterocycles. The van der Waals surface area contributed by atoms with E-state index in [0.29, 0.717) is 24.9 Å². The number of likely N-dealkylation sites (N-methyl/N-ethyl adjacent to an activating group) is 1. The lowest BCUT2D eigenvalue weighted by atomic mass is 9.96. The van der Waals surface area contributed by atoms with E-state index >= 15 is 0 Å². The second kappa shape index (κ2) is 8.85. The number of sulfonamides is 1. The Balaban J connectivity index is 1.98. The molecule has 0 atom stereocenters. The maximum absolute atomic E-state index is 13.7. The van der Waals surface area contributed by atoms with Crippen molar-refractivity contribution in [3.05, 3.63) is 59.5 Å². The van der Waals surface area contributed by atoms with Gasteiger partial charge in [0.1, 0.15) is 0 Å². The normalized spacial score (nSPS) is 28.9. The molecule has 2 aromatic rings. The van der Waals surface area contributed by atoms with Crippen molar-refractivity contribution in [1.82, 2.24) is 14.1 Å². The van der Waals surface area contributed by atoms with E-state index in [4.69, 9.17) is 23.3 Å². The van der Waals surface area contributed by atoms with Crippen LogP contribution < -0.4 is 0 Å². The van der Waals surface area contributed by atoms with Crippen LogP contribution in [0.15, 0.2) is 63.0 Å². The van der Waals surface area contributed by atoms with Crippen LogP contribution in [0.5, 0.6) is 0 Å². The first-order valence-corrected chi connectivity index (χ1v) is 11.2. The molecule has 2 aliphatic rings. The van der Waals surface area contributed by atoms with E-state index in [1.807, 2.05) is 4.90 Å². The van der Waals surface area contributed by atoms with Gasteiger partial charge >= 0.3 is 0 Å². The molecular formula is C23H29N3O2S2.